The SMILES string of the molecule is COC(C)(C)CNC(=O)CC1COc2ccc(C(=O)N(C)C)cc2N1C. The molecule has 1 aliphatic rings. The van der Waals surface area contributed by atoms with Crippen LogP contribution in [0.4, 0.5) is 5.69 Å². The van der Waals surface area contributed by atoms with E-state index in [0.29, 0.717) is 25.1 Å². The van der Waals surface area contributed by atoms with Gasteiger partial charge in [-0.2, -0.15) is 0 Å². The molecule has 2 rings (SSSR count). The van der Waals surface area contributed by atoms with Crippen LogP contribution >= 0.6 is 0 Å². The minimum atomic E-state index is -0.404. The number of nitrogens with one attached hydrogen (secondary N) is 1. The lowest BCUT2D eigenvalue weighted by Crippen LogP contribution is -2.46. The molecule has 1 aromatic rings. The summed E-state index contributed by atoms with van der Waals surface area (Å²) in [5.74, 6) is 0.599. The van der Waals surface area contributed by atoms with Crippen molar-refractivity contribution in [3.05, 3.63) is 23.8 Å². The van der Waals surface area contributed by atoms with Crippen LogP contribution in [-0.4, -0.2) is 69.8 Å². The molecule has 2 amide bonds. The maximum Gasteiger partial charge on any atom is 0.253 e. The third kappa shape index (κ3) is 4.66. The summed E-state index contributed by atoms with van der Waals surface area (Å²) >= 11 is 0. The number of methoxy groups -OCH3 is 1. The van der Waals surface area contributed by atoms with Gasteiger partial charge in [-0.15, -0.1) is 0 Å². The van der Waals surface area contributed by atoms with Gasteiger partial charge in [-0.25, -0.2) is 0 Å². The van der Waals surface area contributed by atoms with Crippen LogP contribution in [0, 0.1) is 0 Å². The molecule has 0 radical (unpaired) electrons. The number of anilines is 1. The van der Waals surface area contributed by atoms with Crippen LogP contribution < -0.4 is 15.0 Å². The van der Waals surface area contributed by atoms with E-state index in [1.807, 2.05) is 31.9 Å². The van der Waals surface area contributed by atoms with Gasteiger partial charge in [-0.3, -0.25) is 9.59 Å². The van der Waals surface area contributed by atoms with E-state index >= 15 is 0 Å². The van der Waals surface area contributed by atoms with Crippen LogP contribution in [0.3, 0.4) is 0 Å². The zero-order valence-corrected chi connectivity index (χ0v) is 16.5. The number of carbonyl (C=O) groups excluding carboxylic acids is 2. The van der Waals surface area contributed by atoms with Gasteiger partial charge in [0.15, 0.2) is 0 Å². The van der Waals surface area contributed by atoms with Gasteiger partial charge in [0.25, 0.3) is 5.91 Å². The highest BCUT2D eigenvalue weighted by Gasteiger charge is 2.28. The summed E-state index contributed by atoms with van der Waals surface area (Å²) in [6.45, 7) is 4.70. The Morgan fingerprint density at radius 1 is 1.38 bits per heavy atom. The van der Waals surface area contributed by atoms with Crippen molar-refractivity contribution in [3.8, 4) is 5.75 Å². The molecule has 7 heteroatoms. The molecule has 1 heterocycles. The third-order valence-electron chi connectivity index (χ3n) is 4.66. The maximum absolute atomic E-state index is 12.3. The van der Waals surface area contributed by atoms with Gasteiger partial charge in [0.05, 0.1) is 23.8 Å². The Bertz CT molecular complexity index is 673. The minimum absolute atomic E-state index is 0.0560. The largest absolute Gasteiger partial charge is 0.489 e. The summed E-state index contributed by atoms with van der Waals surface area (Å²) in [7, 11) is 6.98. The van der Waals surface area contributed by atoms with Crippen molar-refractivity contribution >= 4 is 17.5 Å². The molecule has 0 fully saturated rings. The number of benzene rings is 1. The van der Waals surface area contributed by atoms with Crippen molar-refractivity contribution in [2.45, 2.75) is 31.9 Å². The highest BCUT2D eigenvalue weighted by molar-refractivity contribution is 5.95. The molecule has 0 saturated carbocycles. The predicted octanol–water partition coefficient (Wildman–Crippen LogP) is 1.52. The number of hydrogen-bond donors (Lipinski definition) is 1. The zero-order chi connectivity index (χ0) is 19.5. The minimum Gasteiger partial charge on any atom is -0.489 e. The molecule has 1 aromatic carbocycles. The van der Waals surface area contributed by atoms with Gasteiger partial charge >= 0.3 is 0 Å². The Balaban J connectivity index is 2.06. The van der Waals surface area contributed by atoms with E-state index in [-0.39, 0.29) is 17.9 Å². The van der Waals surface area contributed by atoms with Crippen LogP contribution in [0.15, 0.2) is 18.2 Å². The topological polar surface area (TPSA) is 71.1 Å². The van der Waals surface area contributed by atoms with E-state index in [0.717, 1.165) is 11.4 Å². The summed E-state index contributed by atoms with van der Waals surface area (Å²) in [5.41, 5.74) is 1.01. The van der Waals surface area contributed by atoms with Crippen LogP contribution in [-0.2, 0) is 9.53 Å². The Hall–Kier alpha value is -2.28. The summed E-state index contributed by atoms with van der Waals surface area (Å²) in [6.07, 6.45) is 0.307. The molecule has 1 N–H and O–H groups in total. The van der Waals surface area contributed by atoms with E-state index in [1.165, 1.54) is 4.90 Å². The fourth-order valence-electron chi connectivity index (χ4n) is 2.67. The van der Waals surface area contributed by atoms with Crippen LogP contribution in [0.5, 0.6) is 5.75 Å². The van der Waals surface area contributed by atoms with Crippen LogP contribution in [0.2, 0.25) is 0 Å². The first-order valence-corrected chi connectivity index (χ1v) is 8.68. The second-order valence-corrected chi connectivity index (χ2v) is 7.40. The Kier molecular flexibility index (Phi) is 6.13. The van der Waals surface area contributed by atoms with Crippen molar-refractivity contribution in [2.24, 2.45) is 0 Å². The quantitative estimate of drug-likeness (QED) is 0.830. The molecule has 7 nitrogen and oxygen atoms in total. The summed E-state index contributed by atoms with van der Waals surface area (Å²) in [4.78, 5) is 28.0. The molecular formula is C19H29N3O4. The number of ether oxygens (including phenoxy) is 2. The van der Waals surface area contributed by atoms with E-state index < -0.39 is 5.60 Å². The Labute approximate surface area is 155 Å². The third-order valence-corrected chi connectivity index (χ3v) is 4.66. The van der Waals surface area contributed by atoms with Crippen molar-refractivity contribution in [1.82, 2.24) is 10.2 Å². The van der Waals surface area contributed by atoms with Gasteiger partial charge in [0.1, 0.15) is 12.4 Å². The van der Waals surface area contributed by atoms with E-state index in [9.17, 15) is 9.59 Å². The molecule has 26 heavy (non-hydrogen) atoms. The Morgan fingerprint density at radius 3 is 2.69 bits per heavy atom. The fraction of sp³-hybridized carbons (Fsp3) is 0.579. The molecule has 0 bridgehead atoms. The van der Waals surface area contributed by atoms with Crippen LogP contribution in [0.1, 0.15) is 30.6 Å². The number of rotatable bonds is 6. The molecule has 144 valence electrons. The molecule has 0 aliphatic carbocycles. The fourth-order valence-corrected chi connectivity index (χ4v) is 2.67. The first-order chi connectivity index (χ1) is 12.1. The van der Waals surface area contributed by atoms with Gasteiger partial charge in [0.2, 0.25) is 5.91 Å². The molecule has 0 spiro atoms. The number of hydrogen-bond acceptors (Lipinski definition) is 5. The molecule has 1 atom stereocenters. The lowest BCUT2D eigenvalue weighted by molar-refractivity contribution is -0.122. The lowest BCUT2D eigenvalue weighted by atomic mass is 10.1. The first-order valence-electron chi connectivity index (χ1n) is 8.68. The highest BCUT2D eigenvalue weighted by atomic mass is 16.5. The van der Waals surface area contributed by atoms with Crippen molar-refractivity contribution < 1.29 is 19.1 Å². The first kappa shape index (κ1) is 20.0. The molecule has 0 saturated heterocycles. The molecular weight excluding hydrogens is 334 g/mol. The van der Waals surface area contributed by atoms with Gasteiger partial charge in [0, 0.05) is 40.4 Å². The standard InChI is InChI=1S/C19H29N3O4/c1-19(2,25-6)12-20-17(23)10-14-11-26-16-8-7-13(18(24)21(3)4)9-15(16)22(14)5/h7-9,14H,10-12H2,1-6H3,(H,20,23). The monoisotopic (exact) mass is 363 g/mol. The number of carbonyl (C=O) groups is 2. The number of nitrogens with zero attached hydrogens (tertiary/aromatic N) is 2. The van der Waals surface area contributed by atoms with E-state index in [2.05, 4.69) is 5.32 Å². The maximum atomic E-state index is 12.3. The van der Waals surface area contributed by atoms with Gasteiger partial charge in [-0.05, 0) is 32.0 Å². The van der Waals surface area contributed by atoms with Crippen molar-refractivity contribution in [3.63, 3.8) is 0 Å². The van der Waals surface area contributed by atoms with Gasteiger partial charge < -0.3 is 24.6 Å². The number of likely N-dealkylation sites (N-methyl/N-ethyl adjacent to an activating group) is 1. The smallest absolute Gasteiger partial charge is 0.253 e. The summed E-state index contributed by atoms with van der Waals surface area (Å²) in [6, 6.07) is 5.28. The van der Waals surface area contributed by atoms with Crippen molar-refractivity contribution in [2.75, 3.05) is 46.3 Å². The second-order valence-electron chi connectivity index (χ2n) is 7.40. The average Bonchev–Trinajstić information content (AvgIpc) is 2.61. The molecule has 0 aromatic heterocycles. The molecule has 1 unspecified atom stereocenters. The highest BCUT2D eigenvalue weighted by Crippen LogP contribution is 2.34. The predicted molar refractivity (Wildman–Crippen MR) is 101 cm³/mol. The van der Waals surface area contributed by atoms with E-state index in [4.69, 9.17) is 9.47 Å². The average molecular weight is 363 g/mol. The van der Waals surface area contributed by atoms with Gasteiger partial charge in [-0.1, -0.05) is 0 Å². The number of amides is 2. The lowest BCUT2D eigenvalue weighted by Gasteiger charge is -2.36. The zero-order valence-electron chi connectivity index (χ0n) is 16.5. The summed E-state index contributed by atoms with van der Waals surface area (Å²) < 4.78 is 11.1. The number of fused-ring (bicyclic) bond motifs is 1. The Morgan fingerprint density at radius 2 is 2.08 bits per heavy atom. The second kappa shape index (κ2) is 7.95. The summed E-state index contributed by atoms with van der Waals surface area (Å²) in [5, 5.41) is 2.90. The van der Waals surface area contributed by atoms with Crippen LogP contribution in [0.25, 0.3) is 0 Å². The normalized spacial score (nSPS) is 16.5. The molecule has 1 aliphatic heterocycles. The van der Waals surface area contributed by atoms with Crippen molar-refractivity contribution in [1.29, 1.82) is 0 Å². The van der Waals surface area contributed by atoms with E-state index in [1.54, 1.807) is 33.3 Å².